The maximum Gasteiger partial charge on any atom is 0.407 e. The lowest BCUT2D eigenvalue weighted by molar-refractivity contribution is -0.0402. The van der Waals surface area contributed by atoms with E-state index in [1.807, 2.05) is 13.8 Å². The van der Waals surface area contributed by atoms with Crippen LogP contribution in [-0.2, 0) is 14.2 Å². The zero-order chi connectivity index (χ0) is 30.2. The first-order chi connectivity index (χ1) is 18.5. The van der Waals surface area contributed by atoms with E-state index in [0.717, 1.165) is 44.9 Å². The Morgan fingerprint density at radius 1 is 0.750 bits per heavy atom. The lowest BCUT2D eigenvalue weighted by Gasteiger charge is -2.46. The summed E-state index contributed by atoms with van der Waals surface area (Å²) in [5.74, 6) is 0. The summed E-state index contributed by atoms with van der Waals surface area (Å²) in [7, 11) is 0. The van der Waals surface area contributed by atoms with Gasteiger partial charge in [-0.1, -0.05) is 55.4 Å². The van der Waals surface area contributed by atoms with Gasteiger partial charge in [0.25, 0.3) is 0 Å². The van der Waals surface area contributed by atoms with Crippen LogP contribution in [0.4, 0.5) is 9.59 Å². The van der Waals surface area contributed by atoms with Gasteiger partial charge in [0.2, 0.25) is 0 Å². The van der Waals surface area contributed by atoms with Crippen LogP contribution in [0.1, 0.15) is 107 Å². The molecule has 40 heavy (non-hydrogen) atoms. The van der Waals surface area contributed by atoms with Gasteiger partial charge in [0, 0.05) is 18.7 Å². The summed E-state index contributed by atoms with van der Waals surface area (Å²) in [5, 5.41) is 6.16. The second-order valence-corrected chi connectivity index (χ2v) is 15.3. The fraction of sp³-hybridized carbons (Fsp3) is 0.935. The number of carbonyl (C=O) groups is 2. The van der Waals surface area contributed by atoms with Crippen LogP contribution in [0.2, 0.25) is 0 Å². The average molecular weight is 569 g/mol. The van der Waals surface area contributed by atoms with E-state index in [0.29, 0.717) is 32.7 Å². The Bertz CT molecular complexity index is 777. The second kappa shape index (κ2) is 14.1. The van der Waals surface area contributed by atoms with Crippen molar-refractivity contribution in [1.29, 1.82) is 0 Å². The maximum atomic E-state index is 12.9. The molecule has 0 aromatic heterocycles. The lowest BCUT2D eigenvalue weighted by Crippen LogP contribution is -2.50. The van der Waals surface area contributed by atoms with Gasteiger partial charge in [-0.3, -0.25) is 0 Å². The van der Waals surface area contributed by atoms with Crippen LogP contribution in [0.25, 0.3) is 0 Å². The highest BCUT2D eigenvalue weighted by Crippen LogP contribution is 2.46. The molecule has 9 heteroatoms. The standard InChI is InChI=1S/C31H60N4O5/c1-9-11-38-20-31(10-2,21-39-25(36)34-23-12-27(3,4)16-29(7,14-23)18-32)22-40-26(37)35-24-13-28(5,6)17-30(8,15-24)19-33/h23-24H,9-22,32-33H2,1-8H3,(H,34,36)(H,35,37). The first-order valence-electron chi connectivity index (χ1n) is 15.4. The van der Waals surface area contributed by atoms with E-state index in [4.69, 9.17) is 25.7 Å². The number of hydrogen-bond donors (Lipinski definition) is 4. The van der Waals surface area contributed by atoms with Crippen LogP contribution in [0, 0.1) is 27.1 Å². The van der Waals surface area contributed by atoms with Crippen molar-refractivity contribution in [2.45, 2.75) is 119 Å². The molecule has 0 saturated heterocycles. The molecule has 2 fully saturated rings. The van der Waals surface area contributed by atoms with Gasteiger partial charge in [0.05, 0.1) is 12.0 Å². The SMILES string of the molecule is CCCOCC(CC)(COC(=O)NC1CC(C)(C)CC(C)(CN)C1)COC(=O)NC1CC(C)(C)CC(C)(CN)C1. The molecule has 2 saturated carbocycles. The third kappa shape index (κ3) is 10.7. The van der Waals surface area contributed by atoms with E-state index in [1.165, 1.54) is 0 Å². The number of rotatable bonds is 13. The topological polar surface area (TPSA) is 138 Å². The molecule has 0 aromatic carbocycles. The van der Waals surface area contributed by atoms with Gasteiger partial charge in [0.1, 0.15) is 13.2 Å². The Kier molecular flexibility index (Phi) is 12.2. The predicted octanol–water partition coefficient (Wildman–Crippen LogP) is 5.35. The molecule has 2 aliphatic rings. The molecule has 6 N–H and O–H groups in total. The van der Waals surface area contributed by atoms with Crippen molar-refractivity contribution in [2.24, 2.45) is 38.5 Å². The van der Waals surface area contributed by atoms with E-state index >= 15 is 0 Å². The molecule has 234 valence electrons. The molecule has 2 amide bonds. The summed E-state index contributed by atoms with van der Waals surface area (Å²) in [5.41, 5.74) is 11.7. The molecule has 2 rings (SSSR count). The number of nitrogens with one attached hydrogen (secondary N) is 2. The molecule has 4 atom stereocenters. The minimum absolute atomic E-state index is 0.00172. The van der Waals surface area contributed by atoms with Crippen molar-refractivity contribution in [3.05, 3.63) is 0 Å². The lowest BCUT2D eigenvalue weighted by atomic mass is 9.62. The normalized spacial score (nSPS) is 31.1. The second-order valence-electron chi connectivity index (χ2n) is 15.3. The fourth-order valence-corrected chi connectivity index (χ4v) is 7.50. The van der Waals surface area contributed by atoms with Crippen LogP contribution < -0.4 is 22.1 Å². The summed E-state index contributed by atoms with van der Waals surface area (Å²) in [6.45, 7) is 19.6. The van der Waals surface area contributed by atoms with Crippen molar-refractivity contribution in [1.82, 2.24) is 10.6 Å². The molecule has 0 aliphatic heterocycles. The zero-order valence-corrected chi connectivity index (χ0v) is 26.8. The summed E-state index contributed by atoms with van der Waals surface area (Å²) in [4.78, 5) is 25.9. The number of ether oxygens (including phenoxy) is 3. The maximum absolute atomic E-state index is 12.9. The number of hydrogen-bond acceptors (Lipinski definition) is 7. The molecular formula is C31H60N4O5. The third-order valence-corrected chi connectivity index (χ3v) is 9.04. The molecule has 0 spiro atoms. The van der Waals surface area contributed by atoms with Crippen LogP contribution in [0.15, 0.2) is 0 Å². The van der Waals surface area contributed by atoms with Crippen LogP contribution >= 0.6 is 0 Å². The van der Waals surface area contributed by atoms with E-state index < -0.39 is 17.6 Å². The fourth-order valence-electron chi connectivity index (χ4n) is 7.50. The van der Waals surface area contributed by atoms with Gasteiger partial charge in [-0.15, -0.1) is 0 Å². The van der Waals surface area contributed by atoms with Crippen LogP contribution in [0.3, 0.4) is 0 Å². The number of carbonyl (C=O) groups excluding carboxylic acids is 2. The zero-order valence-electron chi connectivity index (χ0n) is 26.8. The highest BCUT2D eigenvalue weighted by molar-refractivity contribution is 5.68. The molecule has 4 unspecified atom stereocenters. The van der Waals surface area contributed by atoms with Crippen LogP contribution in [-0.4, -0.2) is 63.8 Å². The van der Waals surface area contributed by atoms with Gasteiger partial charge >= 0.3 is 12.2 Å². The van der Waals surface area contributed by atoms with E-state index in [-0.39, 0.29) is 47.0 Å². The first-order valence-corrected chi connectivity index (χ1v) is 15.4. The van der Waals surface area contributed by atoms with Crippen molar-refractivity contribution >= 4 is 12.2 Å². The Labute approximate surface area is 243 Å². The summed E-state index contributed by atoms with van der Waals surface area (Å²) < 4.78 is 17.4. The van der Waals surface area contributed by atoms with Crippen molar-refractivity contribution in [2.75, 3.05) is 39.5 Å². The highest BCUT2D eigenvalue weighted by atomic mass is 16.6. The van der Waals surface area contributed by atoms with Gasteiger partial charge < -0.3 is 36.3 Å². The van der Waals surface area contributed by atoms with Gasteiger partial charge in [-0.05, 0) is 86.1 Å². The Balaban J connectivity index is 1.99. The predicted molar refractivity (Wildman–Crippen MR) is 160 cm³/mol. The molecule has 0 bridgehead atoms. The molecular weight excluding hydrogens is 508 g/mol. The van der Waals surface area contributed by atoms with Crippen LogP contribution in [0.5, 0.6) is 0 Å². The summed E-state index contributed by atoms with van der Waals surface area (Å²) >= 11 is 0. The Morgan fingerprint density at radius 2 is 1.18 bits per heavy atom. The molecule has 9 nitrogen and oxygen atoms in total. The quantitative estimate of drug-likeness (QED) is 0.220. The first kappa shape index (κ1) is 34.6. The average Bonchev–Trinajstić information content (AvgIpc) is 2.83. The molecule has 0 radical (unpaired) electrons. The van der Waals surface area contributed by atoms with E-state index in [1.54, 1.807) is 0 Å². The molecule has 0 aromatic rings. The van der Waals surface area contributed by atoms with E-state index in [9.17, 15) is 9.59 Å². The van der Waals surface area contributed by atoms with Gasteiger partial charge in [-0.2, -0.15) is 0 Å². The van der Waals surface area contributed by atoms with Gasteiger partial charge in [0.15, 0.2) is 0 Å². The summed E-state index contributed by atoms with van der Waals surface area (Å²) in [6, 6.07) is -0.00343. The Morgan fingerprint density at radius 3 is 1.52 bits per heavy atom. The van der Waals surface area contributed by atoms with Gasteiger partial charge in [-0.25, -0.2) is 9.59 Å². The number of alkyl carbamates (subject to hydrolysis) is 2. The van der Waals surface area contributed by atoms with Crippen molar-refractivity contribution in [3.63, 3.8) is 0 Å². The molecule has 0 heterocycles. The minimum Gasteiger partial charge on any atom is -0.449 e. The Hall–Kier alpha value is -1.58. The highest BCUT2D eigenvalue weighted by Gasteiger charge is 2.43. The monoisotopic (exact) mass is 568 g/mol. The number of amides is 2. The summed E-state index contributed by atoms with van der Waals surface area (Å²) in [6.07, 6.45) is 6.05. The van der Waals surface area contributed by atoms with E-state index in [2.05, 4.69) is 52.2 Å². The van der Waals surface area contributed by atoms with Crippen molar-refractivity contribution in [3.8, 4) is 0 Å². The molecule has 2 aliphatic carbocycles. The van der Waals surface area contributed by atoms with Crippen molar-refractivity contribution < 1.29 is 23.8 Å². The minimum atomic E-state index is -0.640. The smallest absolute Gasteiger partial charge is 0.407 e. The number of nitrogens with two attached hydrogens (primary N) is 2. The largest absolute Gasteiger partial charge is 0.449 e. The third-order valence-electron chi connectivity index (χ3n) is 9.04.